The summed E-state index contributed by atoms with van der Waals surface area (Å²) in [6.45, 7) is 3.07. The van der Waals surface area contributed by atoms with Crippen LogP contribution in [0.25, 0.3) is 0 Å². The third kappa shape index (κ3) is 5.64. The van der Waals surface area contributed by atoms with Gasteiger partial charge in [0.1, 0.15) is 0 Å². The zero-order chi connectivity index (χ0) is 18.9. The van der Waals surface area contributed by atoms with E-state index in [1.807, 2.05) is 29.3 Å². The zero-order valence-electron chi connectivity index (χ0n) is 16.4. The highest BCUT2D eigenvalue weighted by Gasteiger charge is 2.36. The molecular formula is C22H32N2O3. The third-order valence-electron chi connectivity index (χ3n) is 5.41. The molecule has 5 nitrogen and oxygen atoms in total. The molecule has 0 saturated carbocycles. The van der Waals surface area contributed by atoms with Crippen LogP contribution >= 0.6 is 0 Å². The second kappa shape index (κ2) is 10.6. The van der Waals surface area contributed by atoms with Crippen LogP contribution < -0.4 is 0 Å². The summed E-state index contributed by atoms with van der Waals surface area (Å²) in [7, 11) is 1.74. The third-order valence-corrected chi connectivity index (χ3v) is 5.41. The second-order valence-corrected chi connectivity index (χ2v) is 7.42. The summed E-state index contributed by atoms with van der Waals surface area (Å²) < 4.78 is 11.1. The molecule has 1 aromatic carbocycles. The van der Waals surface area contributed by atoms with Crippen molar-refractivity contribution in [3.63, 3.8) is 0 Å². The lowest BCUT2D eigenvalue weighted by Crippen LogP contribution is -2.55. The molecule has 0 unspecified atom stereocenters. The number of unbranched alkanes of at least 4 members (excludes halogenated alkanes) is 1. The SMILES string of the molecule is COC[C@@H]1CCCN1N1C(=O)C=CC[C@@H]1CCCCOCc1ccccc1. The number of rotatable bonds is 10. The number of carbonyl (C=O) groups excluding carboxylic acids is 1. The largest absolute Gasteiger partial charge is 0.383 e. The van der Waals surface area contributed by atoms with Crippen molar-refractivity contribution in [1.82, 2.24) is 10.0 Å². The first-order chi connectivity index (χ1) is 13.3. The maximum Gasteiger partial charge on any atom is 0.260 e. The van der Waals surface area contributed by atoms with Crippen molar-refractivity contribution in [3.05, 3.63) is 48.0 Å². The Kier molecular flexibility index (Phi) is 7.87. The molecule has 1 fully saturated rings. The number of nitrogens with zero attached hydrogens (tertiary/aromatic N) is 2. The van der Waals surface area contributed by atoms with E-state index in [9.17, 15) is 4.79 Å². The van der Waals surface area contributed by atoms with Crippen LogP contribution in [0.4, 0.5) is 0 Å². The standard InChI is InChI=1S/C22H32N2O3/c1-26-18-21-13-8-15-23(21)24-20(12-7-14-22(24)25)11-5-6-16-27-17-19-9-3-2-4-10-19/h2-4,7,9-10,14,20-21H,5-6,8,11-13,15-18H2,1H3/t20-,21-/m0/s1. The van der Waals surface area contributed by atoms with Gasteiger partial charge in [0.05, 0.1) is 25.3 Å². The molecule has 2 heterocycles. The summed E-state index contributed by atoms with van der Waals surface area (Å²) in [5.41, 5.74) is 1.21. The lowest BCUT2D eigenvalue weighted by molar-refractivity contribution is -0.155. The summed E-state index contributed by atoms with van der Waals surface area (Å²) >= 11 is 0. The molecular weight excluding hydrogens is 340 g/mol. The van der Waals surface area contributed by atoms with E-state index in [0.29, 0.717) is 19.3 Å². The highest BCUT2D eigenvalue weighted by Crippen LogP contribution is 2.27. The summed E-state index contributed by atoms with van der Waals surface area (Å²) in [6.07, 6.45) is 10.0. The van der Waals surface area contributed by atoms with Crippen molar-refractivity contribution in [2.24, 2.45) is 0 Å². The van der Waals surface area contributed by atoms with Gasteiger partial charge in [-0.1, -0.05) is 36.4 Å². The van der Waals surface area contributed by atoms with Gasteiger partial charge in [0, 0.05) is 26.3 Å². The lowest BCUT2D eigenvalue weighted by Gasteiger charge is -2.42. The van der Waals surface area contributed by atoms with Gasteiger partial charge in [-0.15, -0.1) is 0 Å². The molecule has 1 saturated heterocycles. The molecule has 0 aliphatic carbocycles. The van der Waals surface area contributed by atoms with Crippen LogP contribution in [0.15, 0.2) is 42.5 Å². The molecule has 5 heteroatoms. The van der Waals surface area contributed by atoms with Crippen LogP contribution in [0, 0.1) is 0 Å². The molecule has 0 spiro atoms. The molecule has 27 heavy (non-hydrogen) atoms. The van der Waals surface area contributed by atoms with Gasteiger partial charge in [-0.05, 0) is 44.1 Å². The van der Waals surface area contributed by atoms with E-state index < -0.39 is 0 Å². The van der Waals surface area contributed by atoms with E-state index in [4.69, 9.17) is 9.47 Å². The molecule has 0 bridgehead atoms. The Morgan fingerprint density at radius 1 is 1.15 bits per heavy atom. The minimum absolute atomic E-state index is 0.120. The summed E-state index contributed by atoms with van der Waals surface area (Å²) in [4.78, 5) is 12.6. The normalized spacial score (nSPS) is 23.3. The number of carbonyl (C=O) groups is 1. The second-order valence-electron chi connectivity index (χ2n) is 7.42. The highest BCUT2D eigenvalue weighted by atomic mass is 16.5. The lowest BCUT2D eigenvalue weighted by atomic mass is 10.0. The quantitative estimate of drug-likeness (QED) is 0.589. The predicted octanol–water partition coefficient (Wildman–Crippen LogP) is 3.56. The summed E-state index contributed by atoms with van der Waals surface area (Å²) in [5, 5.41) is 4.27. The fourth-order valence-corrected chi connectivity index (χ4v) is 4.07. The number of amides is 1. The first kappa shape index (κ1) is 20.1. The van der Waals surface area contributed by atoms with E-state index in [-0.39, 0.29) is 11.9 Å². The maximum absolute atomic E-state index is 12.6. The van der Waals surface area contributed by atoms with Crippen LogP contribution in [0.3, 0.4) is 0 Å². The number of benzene rings is 1. The van der Waals surface area contributed by atoms with Crippen molar-refractivity contribution in [2.45, 2.75) is 57.2 Å². The maximum atomic E-state index is 12.6. The van der Waals surface area contributed by atoms with E-state index in [0.717, 1.165) is 51.7 Å². The van der Waals surface area contributed by atoms with Gasteiger partial charge in [0.25, 0.3) is 5.91 Å². The van der Waals surface area contributed by atoms with Crippen molar-refractivity contribution < 1.29 is 14.3 Å². The van der Waals surface area contributed by atoms with Gasteiger partial charge in [-0.2, -0.15) is 0 Å². The Labute approximate surface area is 162 Å². The van der Waals surface area contributed by atoms with Gasteiger partial charge in [0.2, 0.25) is 0 Å². The Morgan fingerprint density at radius 3 is 2.81 bits per heavy atom. The number of ether oxygens (including phenoxy) is 2. The van der Waals surface area contributed by atoms with Crippen molar-refractivity contribution in [3.8, 4) is 0 Å². The van der Waals surface area contributed by atoms with Crippen molar-refractivity contribution >= 4 is 5.91 Å². The molecule has 0 aromatic heterocycles. The molecule has 0 radical (unpaired) electrons. The van der Waals surface area contributed by atoms with E-state index >= 15 is 0 Å². The smallest absolute Gasteiger partial charge is 0.260 e. The number of methoxy groups -OCH3 is 1. The Hall–Kier alpha value is -1.69. The minimum Gasteiger partial charge on any atom is -0.383 e. The van der Waals surface area contributed by atoms with Crippen LogP contribution in [0.2, 0.25) is 0 Å². The van der Waals surface area contributed by atoms with E-state index in [1.54, 1.807) is 13.2 Å². The fourth-order valence-electron chi connectivity index (χ4n) is 4.07. The minimum atomic E-state index is 0.120. The van der Waals surface area contributed by atoms with Crippen LogP contribution in [0.1, 0.15) is 44.1 Å². The topological polar surface area (TPSA) is 42.0 Å². The molecule has 2 atom stereocenters. The van der Waals surface area contributed by atoms with Gasteiger partial charge < -0.3 is 9.47 Å². The Balaban J connectivity index is 1.43. The average molecular weight is 373 g/mol. The molecule has 1 aromatic rings. The van der Waals surface area contributed by atoms with Crippen molar-refractivity contribution in [1.29, 1.82) is 0 Å². The van der Waals surface area contributed by atoms with Gasteiger partial charge in [-0.3, -0.25) is 9.80 Å². The monoisotopic (exact) mass is 372 g/mol. The van der Waals surface area contributed by atoms with Crippen LogP contribution in [0.5, 0.6) is 0 Å². The molecule has 148 valence electrons. The van der Waals surface area contributed by atoms with Gasteiger partial charge in [0.15, 0.2) is 0 Å². The first-order valence-electron chi connectivity index (χ1n) is 10.2. The predicted molar refractivity (Wildman–Crippen MR) is 106 cm³/mol. The Bertz CT molecular complexity index is 605. The van der Waals surface area contributed by atoms with Gasteiger partial charge >= 0.3 is 0 Å². The van der Waals surface area contributed by atoms with E-state index in [1.165, 1.54) is 5.56 Å². The van der Waals surface area contributed by atoms with Crippen molar-refractivity contribution in [2.75, 3.05) is 26.9 Å². The zero-order valence-corrected chi connectivity index (χ0v) is 16.4. The average Bonchev–Trinajstić information content (AvgIpc) is 3.13. The van der Waals surface area contributed by atoms with Crippen LogP contribution in [-0.4, -0.2) is 54.9 Å². The van der Waals surface area contributed by atoms with Gasteiger partial charge in [-0.25, -0.2) is 5.01 Å². The number of hydrazine groups is 1. The molecule has 1 amide bonds. The highest BCUT2D eigenvalue weighted by molar-refractivity contribution is 5.88. The Morgan fingerprint density at radius 2 is 2.00 bits per heavy atom. The number of hydrogen-bond acceptors (Lipinski definition) is 4. The molecule has 2 aliphatic heterocycles. The molecule has 3 rings (SSSR count). The first-order valence-corrected chi connectivity index (χ1v) is 10.2. The van der Waals surface area contributed by atoms with E-state index in [2.05, 4.69) is 17.1 Å². The van der Waals surface area contributed by atoms with Crippen LogP contribution in [-0.2, 0) is 20.9 Å². The summed E-state index contributed by atoms with van der Waals surface area (Å²) in [6, 6.07) is 10.9. The fraction of sp³-hybridized carbons (Fsp3) is 0.591. The molecule has 0 N–H and O–H groups in total. The number of hydrogen-bond donors (Lipinski definition) is 0. The molecule has 2 aliphatic rings. The summed E-state index contributed by atoms with van der Waals surface area (Å²) in [5.74, 6) is 0.120.